The second-order valence-electron chi connectivity index (χ2n) is 5.18. The van der Waals surface area contributed by atoms with Crippen LogP contribution in [0.4, 0.5) is 0 Å². The lowest BCUT2D eigenvalue weighted by Crippen LogP contribution is -2.50. The first-order chi connectivity index (χ1) is 8.30. The molecule has 1 saturated carbocycles. The number of hydrogen-bond acceptors (Lipinski definition) is 4. The standard InChI is InChI=1S/C10H19NO5S2/c12-17(13,8-18(14,15)16)11-7-3-5-9-4-1-2-6-10(9)11/h9-10H,1-8H2,(H,14,15,16). The first kappa shape index (κ1) is 14.2. The highest BCUT2D eigenvalue weighted by Crippen LogP contribution is 2.36. The van der Waals surface area contributed by atoms with E-state index in [0.29, 0.717) is 12.5 Å². The summed E-state index contributed by atoms with van der Waals surface area (Å²) in [6, 6.07) is -0.0701. The minimum atomic E-state index is -4.50. The molecule has 2 unspecified atom stereocenters. The Morgan fingerprint density at radius 2 is 1.61 bits per heavy atom. The molecule has 1 heterocycles. The molecule has 2 aliphatic rings. The summed E-state index contributed by atoms with van der Waals surface area (Å²) in [5, 5.41) is -1.19. The van der Waals surface area contributed by atoms with Crippen molar-refractivity contribution in [3.05, 3.63) is 0 Å². The van der Waals surface area contributed by atoms with Crippen molar-refractivity contribution in [2.75, 3.05) is 11.6 Å². The molecule has 0 bridgehead atoms. The fourth-order valence-corrected chi connectivity index (χ4v) is 6.32. The molecule has 1 N–H and O–H groups in total. The summed E-state index contributed by atoms with van der Waals surface area (Å²) in [7, 11) is -8.41. The predicted molar refractivity (Wildman–Crippen MR) is 67.0 cm³/mol. The Morgan fingerprint density at radius 1 is 1.00 bits per heavy atom. The fourth-order valence-electron chi connectivity index (χ4n) is 3.18. The van der Waals surface area contributed by atoms with Crippen molar-refractivity contribution >= 4 is 20.1 Å². The number of hydrogen-bond donors (Lipinski definition) is 1. The van der Waals surface area contributed by atoms with Crippen molar-refractivity contribution in [2.24, 2.45) is 5.92 Å². The molecule has 0 spiro atoms. The molecule has 8 heteroatoms. The van der Waals surface area contributed by atoms with Gasteiger partial charge in [-0.25, -0.2) is 8.42 Å². The Labute approximate surface area is 108 Å². The fraction of sp³-hybridized carbons (Fsp3) is 1.00. The van der Waals surface area contributed by atoms with E-state index in [9.17, 15) is 16.8 Å². The van der Waals surface area contributed by atoms with Crippen molar-refractivity contribution in [3.63, 3.8) is 0 Å². The van der Waals surface area contributed by atoms with Gasteiger partial charge in [0.05, 0.1) is 0 Å². The Bertz CT molecular complexity index is 496. The quantitative estimate of drug-likeness (QED) is 0.779. The average Bonchev–Trinajstić information content (AvgIpc) is 2.25. The molecule has 0 aromatic heterocycles. The summed E-state index contributed by atoms with van der Waals surface area (Å²) in [6.07, 6.45) is 5.71. The smallest absolute Gasteiger partial charge is 0.280 e. The molecule has 0 aromatic rings. The summed E-state index contributed by atoms with van der Waals surface area (Å²) in [5.41, 5.74) is 0. The molecule has 2 atom stereocenters. The van der Waals surface area contributed by atoms with Gasteiger partial charge in [-0.3, -0.25) is 4.55 Å². The molecule has 0 aromatic carbocycles. The summed E-state index contributed by atoms with van der Waals surface area (Å²) < 4.78 is 55.7. The number of nitrogens with zero attached hydrogens (tertiary/aromatic N) is 1. The Morgan fingerprint density at radius 3 is 2.28 bits per heavy atom. The van der Waals surface area contributed by atoms with E-state index >= 15 is 0 Å². The minimum absolute atomic E-state index is 0.0701. The Kier molecular flexibility index (Phi) is 4.01. The van der Waals surface area contributed by atoms with Crippen LogP contribution in [0, 0.1) is 5.92 Å². The van der Waals surface area contributed by atoms with E-state index in [1.165, 1.54) is 4.31 Å². The number of rotatable bonds is 3. The van der Waals surface area contributed by atoms with E-state index in [0.717, 1.165) is 38.5 Å². The van der Waals surface area contributed by atoms with Gasteiger partial charge < -0.3 is 0 Å². The molecule has 6 nitrogen and oxygen atoms in total. The van der Waals surface area contributed by atoms with E-state index in [2.05, 4.69) is 0 Å². The second kappa shape index (κ2) is 5.07. The highest BCUT2D eigenvalue weighted by Gasteiger charge is 2.40. The van der Waals surface area contributed by atoms with Crippen LogP contribution in [0.1, 0.15) is 38.5 Å². The summed E-state index contributed by atoms with van der Waals surface area (Å²) in [4.78, 5) is 0. The summed E-state index contributed by atoms with van der Waals surface area (Å²) in [5.74, 6) is 0.351. The Balaban J connectivity index is 2.20. The first-order valence-corrected chi connectivity index (χ1v) is 9.46. The summed E-state index contributed by atoms with van der Waals surface area (Å²) in [6.45, 7) is 0.374. The van der Waals surface area contributed by atoms with E-state index in [1.807, 2.05) is 0 Å². The van der Waals surface area contributed by atoms with Crippen LogP contribution >= 0.6 is 0 Å². The monoisotopic (exact) mass is 297 g/mol. The molecule has 1 saturated heterocycles. The number of fused-ring (bicyclic) bond motifs is 1. The van der Waals surface area contributed by atoms with E-state index in [1.54, 1.807) is 0 Å². The van der Waals surface area contributed by atoms with Crippen LogP contribution in [0.2, 0.25) is 0 Å². The maximum absolute atomic E-state index is 12.0. The third-order valence-corrected chi connectivity index (χ3v) is 7.40. The van der Waals surface area contributed by atoms with Crippen LogP contribution in [0.3, 0.4) is 0 Å². The normalized spacial score (nSPS) is 30.9. The van der Waals surface area contributed by atoms with Crippen molar-refractivity contribution in [1.82, 2.24) is 4.31 Å². The molecular formula is C10H19NO5S2. The van der Waals surface area contributed by atoms with Crippen molar-refractivity contribution in [2.45, 2.75) is 44.6 Å². The van der Waals surface area contributed by atoms with Crippen molar-refractivity contribution in [1.29, 1.82) is 0 Å². The van der Waals surface area contributed by atoms with Gasteiger partial charge in [-0.1, -0.05) is 12.8 Å². The van der Waals surface area contributed by atoms with Gasteiger partial charge in [0.15, 0.2) is 5.08 Å². The first-order valence-electron chi connectivity index (χ1n) is 6.24. The molecular weight excluding hydrogens is 278 g/mol. The van der Waals surface area contributed by atoms with Gasteiger partial charge in [0.25, 0.3) is 10.1 Å². The maximum Gasteiger partial charge on any atom is 0.280 e. The highest BCUT2D eigenvalue weighted by atomic mass is 32.3. The van der Waals surface area contributed by atoms with Crippen LogP contribution < -0.4 is 0 Å². The van der Waals surface area contributed by atoms with Gasteiger partial charge in [-0.05, 0) is 31.6 Å². The molecule has 1 aliphatic heterocycles. The van der Waals surface area contributed by atoms with Gasteiger partial charge in [0.2, 0.25) is 10.0 Å². The molecule has 2 rings (SSSR count). The lowest BCUT2D eigenvalue weighted by Gasteiger charge is -2.42. The highest BCUT2D eigenvalue weighted by molar-refractivity contribution is 8.04. The van der Waals surface area contributed by atoms with Gasteiger partial charge in [-0.15, -0.1) is 0 Å². The largest absolute Gasteiger partial charge is 0.285 e. The van der Waals surface area contributed by atoms with E-state index in [4.69, 9.17) is 4.55 Å². The molecule has 0 radical (unpaired) electrons. The predicted octanol–water partition coefficient (Wildman–Crippen LogP) is 0.816. The topological polar surface area (TPSA) is 91.7 Å². The molecule has 1 aliphatic carbocycles. The molecule has 0 amide bonds. The zero-order valence-corrected chi connectivity index (χ0v) is 11.8. The van der Waals surface area contributed by atoms with Gasteiger partial charge in [0.1, 0.15) is 0 Å². The van der Waals surface area contributed by atoms with Crippen LogP contribution in [0.25, 0.3) is 0 Å². The SMILES string of the molecule is O=S(=O)(O)CS(=O)(=O)N1CCCC2CCCCC21. The van der Waals surface area contributed by atoms with Crippen LogP contribution in [-0.2, 0) is 20.1 Å². The van der Waals surface area contributed by atoms with Crippen molar-refractivity contribution in [3.8, 4) is 0 Å². The zero-order chi connectivity index (χ0) is 13.4. The van der Waals surface area contributed by atoms with Gasteiger partial charge in [0, 0.05) is 12.6 Å². The van der Waals surface area contributed by atoms with Crippen LogP contribution in [0.5, 0.6) is 0 Å². The number of piperidine rings is 1. The van der Waals surface area contributed by atoms with Gasteiger partial charge >= 0.3 is 0 Å². The Hall–Kier alpha value is -0.180. The third-order valence-electron chi connectivity index (χ3n) is 3.85. The second-order valence-corrected chi connectivity index (χ2v) is 8.92. The lowest BCUT2D eigenvalue weighted by atomic mass is 9.79. The van der Waals surface area contributed by atoms with Crippen LogP contribution in [0.15, 0.2) is 0 Å². The van der Waals surface area contributed by atoms with Gasteiger partial charge in [-0.2, -0.15) is 12.7 Å². The average molecular weight is 297 g/mol. The minimum Gasteiger partial charge on any atom is -0.285 e. The van der Waals surface area contributed by atoms with E-state index in [-0.39, 0.29) is 6.04 Å². The lowest BCUT2D eigenvalue weighted by molar-refractivity contribution is 0.129. The molecule has 2 fully saturated rings. The third kappa shape index (κ3) is 3.23. The number of sulfonamides is 1. The molecule has 106 valence electrons. The zero-order valence-electron chi connectivity index (χ0n) is 10.2. The summed E-state index contributed by atoms with van der Waals surface area (Å²) >= 11 is 0. The van der Waals surface area contributed by atoms with Crippen LogP contribution in [-0.4, -0.2) is 43.4 Å². The molecule has 18 heavy (non-hydrogen) atoms. The van der Waals surface area contributed by atoms with E-state index < -0.39 is 25.2 Å². The maximum atomic E-state index is 12.0. The van der Waals surface area contributed by atoms with Crippen molar-refractivity contribution < 1.29 is 21.4 Å².